The van der Waals surface area contributed by atoms with Crippen molar-refractivity contribution in [2.45, 2.75) is 6.54 Å². The Kier molecular flexibility index (Phi) is 2.64. The molecule has 0 fully saturated rings. The number of aromatic nitrogens is 2. The van der Waals surface area contributed by atoms with E-state index in [9.17, 15) is 4.21 Å². The summed E-state index contributed by atoms with van der Waals surface area (Å²) in [5.41, 5.74) is 5.38. The molecule has 62 valence electrons. The zero-order chi connectivity index (χ0) is 8.27. The monoisotopic (exact) mass is 173 g/mol. The molecule has 5 heteroatoms. The number of nitrogens with two attached hydrogens (primary N) is 1. The molecule has 2 N–H and O–H groups in total. The first kappa shape index (κ1) is 8.26. The fourth-order valence-corrected chi connectivity index (χ4v) is 1.17. The Balaban J connectivity index is 2.45. The topological polar surface area (TPSA) is 60.9 Å². The Morgan fingerprint density at radius 1 is 1.82 bits per heavy atom. The Morgan fingerprint density at radius 3 is 3.00 bits per heavy atom. The maximum atomic E-state index is 10.7. The van der Waals surface area contributed by atoms with E-state index in [0.717, 1.165) is 0 Å². The lowest BCUT2D eigenvalue weighted by atomic mass is 10.7. The smallest absolute Gasteiger partial charge is 0.145 e. The molecule has 0 aliphatic rings. The van der Waals surface area contributed by atoms with Crippen molar-refractivity contribution >= 4 is 16.6 Å². The van der Waals surface area contributed by atoms with Crippen molar-refractivity contribution in [2.24, 2.45) is 0 Å². The minimum absolute atomic E-state index is 0.506. The second-order valence-corrected chi connectivity index (χ2v) is 3.84. The number of hydrogen-bond donors (Lipinski definition) is 1. The highest BCUT2D eigenvalue weighted by Gasteiger charge is 1.95. The summed E-state index contributed by atoms with van der Waals surface area (Å²) in [6.45, 7) is 0.667. The van der Waals surface area contributed by atoms with Gasteiger partial charge in [-0.2, -0.15) is 5.10 Å². The highest BCUT2D eigenvalue weighted by atomic mass is 32.2. The van der Waals surface area contributed by atoms with E-state index in [1.54, 1.807) is 23.2 Å². The predicted octanol–water partition coefficient (Wildman–Crippen LogP) is -0.156. The number of anilines is 1. The van der Waals surface area contributed by atoms with E-state index in [4.69, 9.17) is 5.73 Å². The van der Waals surface area contributed by atoms with Crippen molar-refractivity contribution in [2.75, 3.05) is 17.7 Å². The van der Waals surface area contributed by atoms with Gasteiger partial charge in [0.15, 0.2) is 0 Å². The van der Waals surface area contributed by atoms with Crippen LogP contribution in [0.25, 0.3) is 0 Å². The summed E-state index contributed by atoms with van der Waals surface area (Å²) < 4.78 is 12.4. The summed E-state index contributed by atoms with van der Waals surface area (Å²) >= 11 is 0. The first-order valence-corrected chi connectivity index (χ1v) is 5.00. The normalized spacial score (nSPS) is 13.2. The molecule has 0 radical (unpaired) electrons. The van der Waals surface area contributed by atoms with Gasteiger partial charge in [0.25, 0.3) is 0 Å². The zero-order valence-corrected chi connectivity index (χ0v) is 7.17. The molecule has 4 nitrogen and oxygen atoms in total. The quantitative estimate of drug-likeness (QED) is 0.691. The van der Waals surface area contributed by atoms with Crippen LogP contribution in [0.2, 0.25) is 0 Å². The van der Waals surface area contributed by atoms with Gasteiger partial charge < -0.3 is 5.73 Å². The molecule has 0 bridgehead atoms. The maximum Gasteiger partial charge on any atom is 0.145 e. The number of aryl methyl sites for hydroxylation is 1. The van der Waals surface area contributed by atoms with Crippen LogP contribution in [0.3, 0.4) is 0 Å². The van der Waals surface area contributed by atoms with E-state index < -0.39 is 10.8 Å². The van der Waals surface area contributed by atoms with Gasteiger partial charge in [-0.1, -0.05) is 0 Å². The highest BCUT2D eigenvalue weighted by molar-refractivity contribution is 7.84. The molecule has 11 heavy (non-hydrogen) atoms. The summed E-state index contributed by atoms with van der Waals surface area (Å²) in [5, 5.41) is 3.94. The van der Waals surface area contributed by atoms with Crippen LogP contribution in [0, 0.1) is 0 Å². The molecular weight excluding hydrogens is 162 g/mol. The Morgan fingerprint density at radius 2 is 2.55 bits per heavy atom. The van der Waals surface area contributed by atoms with Crippen LogP contribution < -0.4 is 5.73 Å². The zero-order valence-electron chi connectivity index (χ0n) is 6.36. The van der Waals surface area contributed by atoms with Crippen LogP contribution in [-0.4, -0.2) is 26.0 Å². The molecule has 1 rings (SSSR count). The molecule has 1 aromatic heterocycles. The van der Waals surface area contributed by atoms with Gasteiger partial charge in [-0.15, -0.1) is 0 Å². The number of nitrogen functional groups attached to an aromatic ring is 1. The first-order chi connectivity index (χ1) is 5.18. The number of rotatable bonds is 3. The van der Waals surface area contributed by atoms with E-state index in [1.807, 2.05) is 0 Å². The molecule has 0 spiro atoms. The second kappa shape index (κ2) is 3.52. The van der Waals surface area contributed by atoms with Crippen molar-refractivity contribution in [3.05, 3.63) is 12.3 Å². The van der Waals surface area contributed by atoms with Crippen molar-refractivity contribution in [3.8, 4) is 0 Å². The predicted molar refractivity (Wildman–Crippen MR) is 45.6 cm³/mol. The molecular formula is C6H11N3OS. The van der Waals surface area contributed by atoms with Gasteiger partial charge >= 0.3 is 0 Å². The summed E-state index contributed by atoms with van der Waals surface area (Å²) in [4.78, 5) is 0. The minimum Gasteiger partial charge on any atom is -0.382 e. The van der Waals surface area contributed by atoms with Crippen molar-refractivity contribution in [1.82, 2.24) is 9.78 Å². The van der Waals surface area contributed by atoms with Gasteiger partial charge in [0, 0.05) is 29.0 Å². The summed E-state index contributed by atoms with van der Waals surface area (Å²) in [6.07, 6.45) is 3.45. The maximum absolute atomic E-state index is 10.7. The Hall–Kier alpha value is -0.840. The molecule has 0 aliphatic carbocycles. The summed E-state index contributed by atoms with van der Waals surface area (Å²) in [6, 6.07) is 1.72. The van der Waals surface area contributed by atoms with Crippen LogP contribution in [0.5, 0.6) is 0 Å². The third-order valence-corrected chi connectivity index (χ3v) is 2.03. The lowest BCUT2D eigenvalue weighted by Gasteiger charge is -1.96. The van der Waals surface area contributed by atoms with Gasteiger partial charge in [0.05, 0.1) is 6.54 Å². The highest BCUT2D eigenvalue weighted by Crippen LogP contribution is 1.95. The average Bonchev–Trinajstić information content (AvgIpc) is 2.31. The van der Waals surface area contributed by atoms with Crippen LogP contribution in [0.1, 0.15) is 0 Å². The molecule has 0 aromatic carbocycles. The molecule has 1 unspecified atom stereocenters. The van der Waals surface area contributed by atoms with Gasteiger partial charge in [0.1, 0.15) is 5.82 Å². The lowest BCUT2D eigenvalue weighted by Crippen LogP contribution is -2.07. The number of nitrogens with zero attached hydrogens (tertiary/aromatic N) is 2. The van der Waals surface area contributed by atoms with E-state index in [0.29, 0.717) is 18.1 Å². The van der Waals surface area contributed by atoms with Gasteiger partial charge in [0.2, 0.25) is 0 Å². The molecule has 0 saturated carbocycles. The molecule has 1 atom stereocenters. The van der Waals surface area contributed by atoms with Crippen molar-refractivity contribution in [1.29, 1.82) is 0 Å². The third kappa shape index (κ3) is 2.71. The third-order valence-electron chi connectivity index (χ3n) is 1.27. The van der Waals surface area contributed by atoms with Crippen LogP contribution in [0.15, 0.2) is 12.3 Å². The second-order valence-electron chi connectivity index (χ2n) is 2.28. The van der Waals surface area contributed by atoms with E-state index in [1.165, 1.54) is 0 Å². The summed E-state index contributed by atoms with van der Waals surface area (Å²) in [5.74, 6) is 1.13. The first-order valence-electron chi connectivity index (χ1n) is 3.27. The van der Waals surface area contributed by atoms with E-state index in [2.05, 4.69) is 5.10 Å². The van der Waals surface area contributed by atoms with Crippen molar-refractivity contribution < 1.29 is 4.21 Å². The van der Waals surface area contributed by atoms with E-state index in [-0.39, 0.29) is 0 Å². The summed E-state index contributed by atoms with van der Waals surface area (Å²) in [7, 11) is -0.758. The Bertz CT molecular complexity index is 258. The standard InChI is InChI=1S/C6H11N3OS/c1-11(10)5-4-9-3-2-6(7)8-9/h2-3H,4-5H2,1H3,(H2,7,8). The van der Waals surface area contributed by atoms with Gasteiger partial charge in [-0.25, -0.2) is 0 Å². The molecule has 0 aliphatic heterocycles. The average molecular weight is 173 g/mol. The SMILES string of the molecule is CS(=O)CCn1ccc(N)n1. The fourth-order valence-electron chi connectivity index (χ4n) is 0.724. The van der Waals surface area contributed by atoms with Gasteiger partial charge in [-0.05, 0) is 6.07 Å². The molecule has 0 saturated heterocycles. The number of hydrogen-bond acceptors (Lipinski definition) is 3. The lowest BCUT2D eigenvalue weighted by molar-refractivity contribution is 0.648. The molecule has 1 heterocycles. The van der Waals surface area contributed by atoms with Gasteiger partial charge in [-0.3, -0.25) is 8.89 Å². The minimum atomic E-state index is -0.758. The fraction of sp³-hybridized carbons (Fsp3) is 0.500. The van der Waals surface area contributed by atoms with Crippen molar-refractivity contribution in [3.63, 3.8) is 0 Å². The van der Waals surface area contributed by atoms with E-state index >= 15 is 0 Å². The van der Waals surface area contributed by atoms with Crippen LogP contribution in [0.4, 0.5) is 5.82 Å². The van der Waals surface area contributed by atoms with Crippen LogP contribution >= 0.6 is 0 Å². The van der Waals surface area contributed by atoms with Crippen LogP contribution in [-0.2, 0) is 17.3 Å². The largest absolute Gasteiger partial charge is 0.382 e. The Labute approximate surface area is 67.8 Å². The molecule has 0 amide bonds. The molecule has 1 aromatic rings.